The van der Waals surface area contributed by atoms with Crippen molar-refractivity contribution in [2.45, 2.75) is 25.7 Å². The first kappa shape index (κ1) is 29.1. The summed E-state index contributed by atoms with van der Waals surface area (Å²) in [6.07, 6.45) is 3.13. The Labute approximate surface area is 297 Å². The Morgan fingerprint density at radius 3 is 1.77 bits per heavy atom. The molecule has 6 aromatic rings. The van der Waals surface area contributed by atoms with Gasteiger partial charge in [0.25, 0.3) is 5.70 Å². The van der Waals surface area contributed by atoms with Gasteiger partial charge in [0.05, 0.1) is 29.1 Å². The molecule has 0 aromatic heterocycles. The molecule has 0 atom stereocenters. The molecule has 250 valence electrons. The summed E-state index contributed by atoms with van der Waals surface area (Å²) < 4.78 is 2.30. The van der Waals surface area contributed by atoms with Gasteiger partial charge in [-0.3, -0.25) is 0 Å². The minimum atomic E-state index is -0.390. The first-order valence-corrected chi connectivity index (χ1v) is 17.7. The van der Waals surface area contributed by atoms with Crippen molar-refractivity contribution in [1.82, 2.24) is 4.58 Å². The van der Waals surface area contributed by atoms with Crippen LogP contribution in [0.4, 0.5) is 17.1 Å². The second-order valence-corrected chi connectivity index (χ2v) is 14.6. The molecule has 0 amide bonds. The molecule has 9 heteroatoms. The van der Waals surface area contributed by atoms with Crippen LogP contribution in [0, 0.1) is 17.9 Å². The normalized spacial score (nSPS) is 17.8. The van der Waals surface area contributed by atoms with Crippen molar-refractivity contribution in [3.05, 3.63) is 115 Å². The molecule has 52 heavy (non-hydrogen) atoms. The second kappa shape index (κ2) is 9.74. The number of nitrogen functional groups attached to an aromatic ring is 2. The highest BCUT2D eigenvalue weighted by atomic mass is 16.3. The smallest absolute Gasteiger partial charge is 0.270 e. The number of hydrogen-bond acceptors (Lipinski definition) is 7. The van der Waals surface area contributed by atoms with E-state index in [1.54, 1.807) is 12.1 Å². The van der Waals surface area contributed by atoms with Crippen LogP contribution in [0.15, 0.2) is 65.6 Å². The van der Waals surface area contributed by atoms with Crippen LogP contribution in [0.2, 0.25) is 0 Å². The van der Waals surface area contributed by atoms with Gasteiger partial charge in [-0.25, -0.2) is 14.7 Å². The van der Waals surface area contributed by atoms with Gasteiger partial charge in [-0.15, -0.1) is 0 Å². The molecule has 0 saturated carbocycles. The predicted octanol–water partition coefficient (Wildman–Crippen LogP) is 4.03. The van der Waals surface area contributed by atoms with E-state index in [0.29, 0.717) is 43.7 Å². The molecular weight excluding hydrogens is 649 g/mol. The van der Waals surface area contributed by atoms with Gasteiger partial charge in [0, 0.05) is 86.0 Å². The quantitative estimate of drug-likeness (QED) is 0.0675. The molecule has 11 rings (SSSR count). The number of hydrogen-bond donors (Lipinski definition) is 4. The van der Waals surface area contributed by atoms with Gasteiger partial charge in [-0.1, -0.05) is 30.0 Å². The van der Waals surface area contributed by atoms with E-state index in [9.17, 15) is 15.5 Å². The van der Waals surface area contributed by atoms with Crippen molar-refractivity contribution in [3.8, 4) is 17.6 Å². The van der Waals surface area contributed by atoms with E-state index in [1.807, 2.05) is 24.3 Å². The number of nitrogens with zero attached hydrogens (tertiary/aromatic N) is 4. The van der Waals surface area contributed by atoms with Crippen molar-refractivity contribution in [3.63, 3.8) is 0 Å². The Hall–Kier alpha value is -6.71. The van der Waals surface area contributed by atoms with Gasteiger partial charge in [0.15, 0.2) is 0 Å². The van der Waals surface area contributed by atoms with Crippen LogP contribution in [-0.2, 0) is 25.7 Å². The van der Waals surface area contributed by atoms with Gasteiger partial charge in [-0.2, -0.15) is 0 Å². The van der Waals surface area contributed by atoms with E-state index in [1.165, 1.54) is 0 Å². The zero-order valence-corrected chi connectivity index (χ0v) is 28.0. The van der Waals surface area contributed by atoms with Gasteiger partial charge >= 0.3 is 0 Å². The van der Waals surface area contributed by atoms with Crippen LogP contribution < -0.4 is 36.6 Å². The van der Waals surface area contributed by atoms with Crippen molar-refractivity contribution in [2.75, 3.05) is 42.5 Å². The maximum Gasteiger partial charge on any atom is 0.270 e. The standard InChI is InChI=1S/C43H30N6O3/c1-47-25(18-44)34-39(37-32-23(45)6-2-19-10-14-48-15-11-20-3-7-24(46)33(37)29(20)41(48)28(19)32)43(52)40(34)38-35-26(50)8-4-21-12-16-49-17-13-22-5-9-27(51)36(38)31(22)42(49)30(21)35/h2-9H,10-17,45-46H2,(H2-,50,51,52)/b34-25-. The predicted molar refractivity (Wildman–Crippen MR) is 202 cm³/mol. The molecule has 6 aromatic carbocycles. The summed E-state index contributed by atoms with van der Waals surface area (Å²) in [5.74, 6) is -0.463. The van der Waals surface area contributed by atoms with Gasteiger partial charge in [0.2, 0.25) is 5.36 Å². The molecule has 0 saturated heterocycles. The van der Waals surface area contributed by atoms with Crippen LogP contribution >= 0.6 is 0 Å². The summed E-state index contributed by atoms with van der Waals surface area (Å²) in [5, 5.41) is 56.6. The van der Waals surface area contributed by atoms with Crippen molar-refractivity contribution >= 4 is 71.3 Å². The number of aromatic hydroxyl groups is 2. The SMILES string of the molecule is [C-]#[N+]/C(C#N)=C1/C(c2c3c(N)ccc4c3c3c5c(ccc(N)c25)CCN3CC4)=C([O-])C1=c1c2c(O)ccc3c2c2c4c(ccc(O)c14)CC[N+]=2CC3. The number of phenols is 2. The third-order valence-corrected chi connectivity index (χ3v) is 12.3. The lowest BCUT2D eigenvalue weighted by Gasteiger charge is -2.41. The Morgan fingerprint density at radius 2 is 1.25 bits per heavy atom. The summed E-state index contributed by atoms with van der Waals surface area (Å²) in [6, 6.07) is 17.1. The largest absolute Gasteiger partial charge is 0.872 e. The minimum absolute atomic E-state index is 0.0362. The highest BCUT2D eigenvalue weighted by molar-refractivity contribution is 6.31. The molecule has 4 aliphatic heterocycles. The molecule has 0 spiro atoms. The molecule has 0 unspecified atom stereocenters. The summed E-state index contributed by atoms with van der Waals surface area (Å²) in [6.45, 7) is 11.5. The van der Waals surface area contributed by atoms with Crippen LogP contribution in [0.25, 0.3) is 59.1 Å². The van der Waals surface area contributed by atoms with Gasteiger partial charge in [-0.05, 0) is 70.5 Å². The number of phenolic OH excluding ortho intramolecular Hbond substituents is 2. The Kier molecular flexibility index (Phi) is 5.45. The van der Waals surface area contributed by atoms with E-state index in [2.05, 4.69) is 32.5 Å². The van der Waals surface area contributed by atoms with E-state index in [-0.39, 0.29) is 33.9 Å². The molecule has 4 heterocycles. The van der Waals surface area contributed by atoms with E-state index >= 15 is 5.11 Å². The molecule has 0 radical (unpaired) electrons. The topological polar surface area (TPSA) is 150 Å². The number of nitrogens with two attached hydrogens (primary N) is 2. The minimum Gasteiger partial charge on any atom is -0.872 e. The highest BCUT2D eigenvalue weighted by Crippen LogP contribution is 2.56. The van der Waals surface area contributed by atoms with Gasteiger partial charge in [0.1, 0.15) is 24.6 Å². The molecule has 9 nitrogen and oxygen atoms in total. The fourth-order valence-electron chi connectivity index (χ4n) is 10.1. The number of allylic oxidation sites excluding steroid dienone is 3. The number of benzene rings is 6. The Morgan fingerprint density at radius 1 is 0.731 bits per heavy atom. The molecule has 6 N–H and O–H groups in total. The van der Waals surface area contributed by atoms with Crippen LogP contribution in [-0.4, -0.2) is 36.4 Å². The van der Waals surface area contributed by atoms with Crippen LogP contribution in [0.3, 0.4) is 0 Å². The average molecular weight is 679 g/mol. The zero-order valence-electron chi connectivity index (χ0n) is 28.0. The lowest BCUT2D eigenvalue weighted by Crippen LogP contribution is -2.42. The fraction of sp³-hybridized carbons (Fsp3) is 0.186. The molecule has 0 bridgehead atoms. The van der Waals surface area contributed by atoms with Crippen LogP contribution in [0.5, 0.6) is 11.5 Å². The average Bonchev–Trinajstić information content (AvgIpc) is 3.16. The number of rotatable bonds is 1. The molecule has 5 aliphatic rings. The highest BCUT2D eigenvalue weighted by Gasteiger charge is 2.38. The maximum absolute atomic E-state index is 15.4. The molecular formula is C43H30N6O3. The van der Waals surface area contributed by atoms with Crippen molar-refractivity contribution in [1.29, 1.82) is 5.26 Å². The lowest BCUT2D eigenvalue weighted by atomic mass is 9.71. The van der Waals surface area contributed by atoms with E-state index in [4.69, 9.17) is 18.0 Å². The maximum atomic E-state index is 15.4. The summed E-state index contributed by atoms with van der Waals surface area (Å²) in [5.41, 5.74) is 20.9. The molecule has 1 aliphatic carbocycles. The number of nitriles is 1. The summed E-state index contributed by atoms with van der Waals surface area (Å²) in [4.78, 5) is 6.08. The van der Waals surface area contributed by atoms with Gasteiger partial charge < -0.3 is 31.7 Å². The monoisotopic (exact) mass is 678 g/mol. The van der Waals surface area contributed by atoms with Crippen LogP contribution in [0.1, 0.15) is 27.8 Å². The van der Waals surface area contributed by atoms with Crippen molar-refractivity contribution in [2.24, 2.45) is 0 Å². The second-order valence-electron chi connectivity index (χ2n) is 14.6. The summed E-state index contributed by atoms with van der Waals surface area (Å²) in [7, 11) is 0. The Bertz CT molecular complexity index is 2930. The van der Waals surface area contributed by atoms with Crippen molar-refractivity contribution < 1.29 is 15.3 Å². The van der Waals surface area contributed by atoms with E-state index in [0.717, 1.165) is 107 Å². The number of anilines is 3. The Balaban J connectivity index is 1.43. The third kappa shape index (κ3) is 3.29. The first-order valence-electron chi connectivity index (χ1n) is 17.7. The fourth-order valence-corrected chi connectivity index (χ4v) is 10.1. The first-order chi connectivity index (χ1) is 25.3. The van der Waals surface area contributed by atoms with E-state index < -0.39 is 5.76 Å². The zero-order chi connectivity index (χ0) is 35.3. The third-order valence-electron chi connectivity index (χ3n) is 12.3. The summed E-state index contributed by atoms with van der Waals surface area (Å²) >= 11 is 0. The lowest BCUT2D eigenvalue weighted by molar-refractivity contribution is -0.292. The molecule has 0 fully saturated rings.